The number of carbonyl (C=O) groups is 1. The van der Waals surface area contributed by atoms with Crippen LogP contribution in [-0.2, 0) is 11.2 Å². The maximum Gasteiger partial charge on any atom is 0.251 e. The monoisotopic (exact) mass is 378 g/mol. The highest BCUT2D eigenvalue weighted by molar-refractivity contribution is 5.93. The minimum atomic E-state index is -0.0936. The third-order valence-electron chi connectivity index (χ3n) is 4.73. The molecule has 146 valence electrons. The van der Waals surface area contributed by atoms with Gasteiger partial charge in [0.2, 0.25) is 5.91 Å². The van der Waals surface area contributed by atoms with Gasteiger partial charge >= 0.3 is 0 Å². The summed E-state index contributed by atoms with van der Waals surface area (Å²) in [7, 11) is 0. The van der Waals surface area contributed by atoms with Gasteiger partial charge in [-0.05, 0) is 66.2 Å². The molecule has 0 saturated carbocycles. The summed E-state index contributed by atoms with van der Waals surface area (Å²) in [6, 6.07) is 3.89. The smallest absolute Gasteiger partial charge is 0.251 e. The molecule has 0 radical (unpaired) electrons. The fourth-order valence-corrected chi connectivity index (χ4v) is 3.48. The molecule has 3 aromatic rings. The summed E-state index contributed by atoms with van der Waals surface area (Å²) < 4.78 is 1.71. The minimum absolute atomic E-state index is 0.0936. The lowest BCUT2D eigenvalue weighted by atomic mass is 10.1. The van der Waals surface area contributed by atoms with E-state index in [0.717, 1.165) is 51.0 Å². The zero-order chi connectivity index (χ0) is 20.6. The average molecular weight is 378 g/mol. The molecule has 0 aliphatic rings. The van der Waals surface area contributed by atoms with Crippen molar-refractivity contribution in [2.75, 3.05) is 5.32 Å². The number of carbonyl (C=O) groups excluding carboxylic acids is 1. The van der Waals surface area contributed by atoms with Crippen LogP contribution in [-0.4, -0.2) is 30.6 Å². The first kappa shape index (κ1) is 19.7. The summed E-state index contributed by atoms with van der Waals surface area (Å²) >= 11 is 0. The highest BCUT2D eigenvalue weighted by Crippen LogP contribution is 2.21. The Kier molecular flexibility index (Phi) is 5.27. The van der Waals surface area contributed by atoms with Crippen LogP contribution >= 0.6 is 0 Å². The molecule has 7 heteroatoms. The van der Waals surface area contributed by atoms with Crippen molar-refractivity contribution in [1.29, 1.82) is 0 Å². The van der Waals surface area contributed by atoms with Gasteiger partial charge in [0.05, 0.1) is 23.5 Å². The van der Waals surface area contributed by atoms with E-state index in [2.05, 4.69) is 25.4 Å². The Bertz CT molecular complexity index is 1020. The fraction of sp³-hybridized carbons (Fsp3) is 0.381. The van der Waals surface area contributed by atoms with Gasteiger partial charge in [0.15, 0.2) is 0 Å². The third kappa shape index (κ3) is 3.93. The number of nitrogens with zero attached hydrogens (tertiary/aromatic N) is 5. The maximum atomic E-state index is 12.7. The van der Waals surface area contributed by atoms with Gasteiger partial charge < -0.3 is 5.32 Å². The van der Waals surface area contributed by atoms with E-state index in [-0.39, 0.29) is 12.3 Å². The summed E-state index contributed by atoms with van der Waals surface area (Å²) in [5.74, 6) is 0.433. The lowest BCUT2D eigenvalue weighted by molar-refractivity contribution is -0.115. The van der Waals surface area contributed by atoms with E-state index < -0.39 is 0 Å². The molecule has 1 N–H and O–H groups in total. The molecule has 0 aromatic carbocycles. The standard InChI is InChI=1S/C21H26N6O/c1-11-8-12(2)22-16(6)20(11)25-19(28)10-18-15(5)26-27(17(18)7)21-23-13(3)9-14(4)24-21/h8-9H,10H2,1-7H3,(H,25,28). The summed E-state index contributed by atoms with van der Waals surface area (Å²) in [6.45, 7) is 13.5. The van der Waals surface area contributed by atoms with Crippen LogP contribution in [0.25, 0.3) is 5.95 Å². The number of hydrogen-bond donors (Lipinski definition) is 1. The van der Waals surface area contributed by atoms with E-state index in [9.17, 15) is 4.79 Å². The predicted molar refractivity (Wildman–Crippen MR) is 109 cm³/mol. The molecule has 0 saturated heterocycles. The molecule has 0 aliphatic carbocycles. The van der Waals surface area contributed by atoms with Crippen molar-refractivity contribution >= 4 is 11.6 Å². The Morgan fingerprint density at radius 1 is 0.893 bits per heavy atom. The Hall–Kier alpha value is -3.09. The summed E-state index contributed by atoms with van der Waals surface area (Å²) in [4.78, 5) is 26.1. The Labute approximate surface area is 165 Å². The first-order valence-electron chi connectivity index (χ1n) is 9.28. The Morgan fingerprint density at radius 2 is 1.50 bits per heavy atom. The normalized spacial score (nSPS) is 11.0. The molecule has 7 nitrogen and oxygen atoms in total. The number of aryl methyl sites for hydroxylation is 6. The van der Waals surface area contributed by atoms with Gasteiger partial charge in [-0.2, -0.15) is 5.10 Å². The second kappa shape index (κ2) is 7.50. The topological polar surface area (TPSA) is 85.6 Å². The molecule has 0 atom stereocenters. The van der Waals surface area contributed by atoms with Crippen molar-refractivity contribution in [3.8, 4) is 5.95 Å². The lowest BCUT2D eigenvalue weighted by Gasteiger charge is -2.12. The van der Waals surface area contributed by atoms with Gasteiger partial charge in [0.1, 0.15) is 0 Å². The zero-order valence-corrected chi connectivity index (χ0v) is 17.5. The van der Waals surface area contributed by atoms with Gasteiger partial charge in [0, 0.05) is 28.3 Å². The Morgan fingerprint density at radius 3 is 2.11 bits per heavy atom. The highest BCUT2D eigenvalue weighted by atomic mass is 16.1. The number of pyridine rings is 1. The molecule has 1 amide bonds. The van der Waals surface area contributed by atoms with E-state index >= 15 is 0 Å². The first-order valence-corrected chi connectivity index (χ1v) is 9.28. The molecular weight excluding hydrogens is 352 g/mol. The second-order valence-electron chi connectivity index (χ2n) is 7.28. The van der Waals surface area contributed by atoms with Gasteiger partial charge in [-0.15, -0.1) is 0 Å². The van der Waals surface area contributed by atoms with Crippen LogP contribution < -0.4 is 5.32 Å². The predicted octanol–water partition coefficient (Wildman–Crippen LogP) is 3.40. The van der Waals surface area contributed by atoms with Crippen LogP contribution in [0.15, 0.2) is 12.1 Å². The van der Waals surface area contributed by atoms with Crippen molar-refractivity contribution in [3.05, 3.63) is 57.4 Å². The van der Waals surface area contributed by atoms with Crippen molar-refractivity contribution in [3.63, 3.8) is 0 Å². The van der Waals surface area contributed by atoms with E-state index in [1.54, 1.807) is 4.68 Å². The van der Waals surface area contributed by atoms with E-state index in [4.69, 9.17) is 0 Å². The van der Waals surface area contributed by atoms with E-state index in [0.29, 0.717) is 5.95 Å². The largest absolute Gasteiger partial charge is 0.324 e. The fourth-order valence-electron chi connectivity index (χ4n) is 3.48. The highest BCUT2D eigenvalue weighted by Gasteiger charge is 2.18. The average Bonchev–Trinajstić information content (AvgIpc) is 2.85. The van der Waals surface area contributed by atoms with Crippen LogP contribution in [0.4, 0.5) is 5.69 Å². The van der Waals surface area contributed by atoms with Crippen LogP contribution in [0.3, 0.4) is 0 Å². The summed E-state index contributed by atoms with van der Waals surface area (Å²) in [5, 5.41) is 7.57. The zero-order valence-electron chi connectivity index (χ0n) is 17.5. The second-order valence-corrected chi connectivity index (χ2v) is 7.28. The van der Waals surface area contributed by atoms with Crippen LogP contribution in [0.1, 0.15) is 45.3 Å². The maximum absolute atomic E-state index is 12.7. The van der Waals surface area contributed by atoms with Gasteiger partial charge in [0.25, 0.3) is 5.95 Å². The van der Waals surface area contributed by atoms with E-state index in [1.165, 1.54) is 0 Å². The lowest BCUT2D eigenvalue weighted by Crippen LogP contribution is -2.17. The van der Waals surface area contributed by atoms with Crippen molar-refractivity contribution in [1.82, 2.24) is 24.7 Å². The van der Waals surface area contributed by atoms with Gasteiger partial charge in [-0.1, -0.05) is 0 Å². The molecule has 0 fully saturated rings. The molecule has 0 bridgehead atoms. The third-order valence-corrected chi connectivity index (χ3v) is 4.73. The SMILES string of the molecule is Cc1cc(C)nc(-n2nc(C)c(CC(=O)Nc3c(C)cc(C)nc3C)c2C)n1. The number of aromatic nitrogens is 5. The molecule has 3 heterocycles. The van der Waals surface area contributed by atoms with Crippen LogP contribution in [0.2, 0.25) is 0 Å². The quantitative estimate of drug-likeness (QED) is 0.752. The molecule has 28 heavy (non-hydrogen) atoms. The molecule has 0 unspecified atom stereocenters. The van der Waals surface area contributed by atoms with Crippen LogP contribution in [0.5, 0.6) is 0 Å². The molecule has 3 rings (SSSR count). The number of hydrogen-bond acceptors (Lipinski definition) is 5. The van der Waals surface area contributed by atoms with Gasteiger partial charge in [-0.25, -0.2) is 14.6 Å². The summed E-state index contributed by atoms with van der Waals surface area (Å²) in [6.07, 6.45) is 0.231. The van der Waals surface area contributed by atoms with Crippen molar-refractivity contribution < 1.29 is 4.79 Å². The minimum Gasteiger partial charge on any atom is -0.324 e. The molecule has 3 aromatic heterocycles. The number of anilines is 1. The number of rotatable bonds is 4. The van der Waals surface area contributed by atoms with Crippen molar-refractivity contribution in [2.45, 2.75) is 54.9 Å². The first-order chi connectivity index (χ1) is 13.2. The summed E-state index contributed by atoms with van der Waals surface area (Å²) in [5.41, 5.74) is 7.85. The molecule has 0 spiro atoms. The molecule has 0 aliphatic heterocycles. The van der Waals surface area contributed by atoms with Crippen LogP contribution in [0, 0.1) is 48.5 Å². The number of amides is 1. The van der Waals surface area contributed by atoms with Crippen molar-refractivity contribution in [2.24, 2.45) is 0 Å². The number of nitrogens with one attached hydrogen (secondary N) is 1. The Balaban J connectivity index is 1.87. The molecular formula is C21H26N6O. The van der Waals surface area contributed by atoms with Gasteiger partial charge in [-0.3, -0.25) is 9.78 Å². The van der Waals surface area contributed by atoms with E-state index in [1.807, 2.05) is 60.6 Å².